The number of amides is 1. The van der Waals surface area contributed by atoms with Crippen LogP contribution >= 0.6 is 0 Å². The predicted molar refractivity (Wildman–Crippen MR) is 74.1 cm³/mol. The molecule has 1 heterocycles. The van der Waals surface area contributed by atoms with Gasteiger partial charge in [0.25, 0.3) is 5.78 Å². The van der Waals surface area contributed by atoms with Crippen LogP contribution in [0, 0.1) is 11.7 Å². The summed E-state index contributed by atoms with van der Waals surface area (Å²) in [4.78, 5) is 23.2. The van der Waals surface area contributed by atoms with Crippen molar-refractivity contribution in [3.8, 4) is 0 Å². The third-order valence-corrected chi connectivity index (χ3v) is 4.09. The van der Waals surface area contributed by atoms with Crippen LogP contribution < -0.4 is 0 Å². The molecule has 0 spiro atoms. The SMILES string of the molecule is O=C(O)N1CCC(C(O)c2ccc(F)c(C(=O)C(F)(F)F)c2)CC1. The van der Waals surface area contributed by atoms with Crippen molar-refractivity contribution in [3.63, 3.8) is 0 Å². The Morgan fingerprint density at radius 2 is 1.79 bits per heavy atom. The number of piperidine rings is 1. The molecule has 0 radical (unpaired) electrons. The Morgan fingerprint density at radius 1 is 1.21 bits per heavy atom. The normalized spacial score (nSPS) is 17.6. The summed E-state index contributed by atoms with van der Waals surface area (Å²) in [6, 6.07) is 2.54. The Morgan fingerprint density at radius 3 is 2.29 bits per heavy atom. The van der Waals surface area contributed by atoms with Gasteiger partial charge in [0.2, 0.25) is 0 Å². The van der Waals surface area contributed by atoms with E-state index in [0.29, 0.717) is 25.0 Å². The minimum atomic E-state index is -5.21. The van der Waals surface area contributed by atoms with Crippen molar-refractivity contribution in [2.45, 2.75) is 25.1 Å². The summed E-state index contributed by atoms with van der Waals surface area (Å²) in [5.41, 5.74) is -1.14. The van der Waals surface area contributed by atoms with E-state index in [0.717, 1.165) is 6.07 Å². The molecule has 0 aliphatic carbocycles. The first-order chi connectivity index (χ1) is 11.1. The first kappa shape index (κ1) is 18.2. The van der Waals surface area contributed by atoms with Crippen LogP contribution in [0.4, 0.5) is 22.4 Å². The standard InChI is InChI=1S/C15H15F4NO4/c16-11-2-1-9(7-10(11)13(22)15(17,18)19)12(21)8-3-5-20(6-4-8)14(23)24/h1-2,7-8,12,21H,3-6H2,(H,23,24). The summed E-state index contributed by atoms with van der Waals surface area (Å²) in [5.74, 6) is -4.01. The van der Waals surface area contributed by atoms with E-state index < -0.39 is 35.5 Å². The number of benzene rings is 1. The molecule has 0 bridgehead atoms. The quantitative estimate of drug-likeness (QED) is 0.650. The van der Waals surface area contributed by atoms with Gasteiger partial charge in [0.05, 0.1) is 11.7 Å². The Labute approximate surface area is 134 Å². The zero-order valence-corrected chi connectivity index (χ0v) is 12.4. The molecule has 0 aromatic heterocycles. The molecule has 1 amide bonds. The smallest absolute Gasteiger partial charge is 0.454 e. The second-order valence-electron chi connectivity index (χ2n) is 5.62. The maximum Gasteiger partial charge on any atom is 0.454 e. The molecule has 1 unspecified atom stereocenters. The number of alkyl halides is 3. The van der Waals surface area contributed by atoms with Gasteiger partial charge < -0.3 is 15.1 Å². The zero-order valence-electron chi connectivity index (χ0n) is 12.4. The van der Waals surface area contributed by atoms with Gasteiger partial charge in [0.1, 0.15) is 5.82 Å². The predicted octanol–water partition coefficient (Wildman–Crippen LogP) is 2.99. The molecule has 132 valence electrons. The second kappa shape index (κ2) is 6.76. The van der Waals surface area contributed by atoms with Crippen molar-refractivity contribution < 1.29 is 37.4 Å². The van der Waals surface area contributed by atoms with E-state index in [1.807, 2.05) is 0 Å². The summed E-state index contributed by atoms with van der Waals surface area (Å²) >= 11 is 0. The lowest BCUT2D eigenvalue weighted by molar-refractivity contribution is -0.0887. The lowest BCUT2D eigenvalue weighted by atomic mass is 9.87. The monoisotopic (exact) mass is 349 g/mol. The number of aliphatic hydroxyl groups excluding tert-OH is 1. The molecule has 1 aromatic rings. The van der Waals surface area contributed by atoms with Crippen LogP contribution in [0.2, 0.25) is 0 Å². The molecule has 1 aliphatic heterocycles. The molecule has 1 atom stereocenters. The number of halogens is 4. The summed E-state index contributed by atoms with van der Waals surface area (Å²) < 4.78 is 51.0. The van der Waals surface area contributed by atoms with Gasteiger partial charge in [-0.2, -0.15) is 13.2 Å². The van der Waals surface area contributed by atoms with Gasteiger partial charge in [0, 0.05) is 13.1 Å². The highest BCUT2D eigenvalue weighted by atomic mass is 19.4. The summed E-state index contributed by atoms with van der Waals surface area (Å²) in [6.07, 6.45) is -6.87. The molecule has 2 rings (SSSR count). The summed E-state index contributed by atoms with van der Waals surface area (Å²) in [6.45, 7) is 0.374. The zero-order chi connectivity index (χ0) is 18.1. The average Bonchev–Trinajstić information content (AvgIpc) is 2.53. The number of likely N-dealkylation sites (tertiary alicyclic amines) is 1. The van der Waals surface area contributed by atoms with Gasteiger partial charge in [-0.05, 0) is 36.5 Å². The van der Waals surface area contributed by atoms with Gasteiger partial charge in [-0.25, -0.2) is 9.18 Å². The Balaban J connectivity index is 2.18. The number of carboxylic acid groups (broad SMARTS) is 1. The maximum absolute atomic E-state index is 13.5. The molecular formula is C15H15F4NO4. The number of hydrogen-bond donors (Lipinski definition) is 2. The molecule has 2 N–H and O–H groups in total. The number of rotatable bonds is 3. The third-order valence-electron chi connectivity index (χ3n) is 4.09. The number of carbonyl (C=O) groups is 2. The van der Waals surface area contributed by atoms with E-state index in [-0.39, 0.29) is 24.6 Å². The lowest BCUT2D eigenvalue weighted by Gasteiger charge is -2.32. The first-order valence-electron chi connectivity index (χ1n) is 7.18. The fraction of sp³-hybridized carbons (Fsp3) is 0.467. The van der Waals surface area contributed by atoms with Crippen LogP contribution in [-0.4, -0.2) is 46.3 Å². The average molecular weight is 349 g/mol. The number of aliphatic hydroxyl groups is 1. The second-order valence-corrected chi connectivity index (χ2v) is 5.62. The third kappa shape index (κ3) is 3.84. The Kier molecular flexibility index (Phi) is 5.12. The van der Waals surface area contributed by atoms with Crippen LogP contribution in [0.3, 0.4) is 0 Å². The fourth-order valence-electron chi connectivity index (χ4n) is 2.73. The number of Topliss-reactive ketones (excluding diaryl/α,β-unsaturated/α-hetero) is 1. The molecular weight excluding hydrogens is 334 g/mol. The minimum Gasteiger partial charge on any atom is -0.465 e. The van der Waals surface area contributed by atoms with Gasteiger partial charge in [-0.3, -0.25) is 4.79 Å². The van der Waals surface area contributed by atoms with Gasteiger partial charge in [-0.1, -0.05) is 6.07 Å². The van der Waals surface area contributed by atoms with Gasteiger partial charge in [0.15, 0.2) is 0 Å². The van der Waals surface area contributed by atoms with E-state index in [2.05, 4.69) is 0 Å². The van der Waals surface area contributed by atoms with Crippen molar-refractivity contribution in [3.05, 3.63) is 35.1 Å². The van der Waals surface area contributed by atoms with Crippen molar-refractivity contribution in [2.75, 3.05) is 13.1 Å². The molecule has 1 aromatic carbocycles. The van der Waals surface area contributed by atoms with Crippen LogP contribution in [-0.2, 0) is 0 Å². The van der Waals surface area contributed by atoms with E-state index in [1.54, 1.807) is 0 Å². The van der Waals surface area contributed by atoms with Gasteiger partial charge >= 0.3 is 12.3 Å². The molecule has 9 heteroatoms. The van der Waals surface area contributed by atoms with Crippen LogP contribution in [0.15, 0.2) is 18.2 Å². The van der Waals surface area contributed by atoms with E-state index in [9.17, 15) is 32.3 Å². The number of nitrogens with zero attached hydrogens (tertiary/aromatic N) is 1. The fourth-order valence-corrected chi connectivity index (χ4v) is 2.73. The van der Waals surface area contributed by atoms with E-state index in [4.69, 9.17) is 5.11 Å². The van der Waals surface area contributed by atoms with Gasteiger partial charge in [-0.15, -0.1) is 0 Å². The van der Waals surface area contributed by atoms with Crippen molar-refractivity contribution >= 4 is 11.9 Å². The van der Waals surface area contributed by atoms with Crippen LogP contribution in [0.1, 0.15) is 34.9 Å². The highest BCUT2D eigenvalue weighted by molar-refractivity contribution is 6.00. The van der Waals surface area contributed by atoms with Crippen LogP contribution in [0.5, 0.6) is 0 Å². The molecule has 1 fully saturated rings. The Hall–Kier alpha value is -2.16. The topological polar surface area (TPSA) is 77.8 Å². The molecule has 1 aliphatic rings. The largest absolute Gasteiger partial charge is 0.465 e. The van der Waals surface area contributed by atoms with Crippen molar-refractivity contribution in [1.29, 1.82) is 0 Å². The maximum atomic E-state index is 13.5. The summed E-state index contributed by atoms with van der Waals surface area (Å²) in [7, 11) is 0. The molecule has 24 heavy (non-hydrogen) atoms. The highest BCUT2D eigenvalue weighted by Gasteiger charge is 2.41. The highest BCUT2D eigenvalue weighted by Crippen LogP contribution is 2.32. The number of ketones is 1. The number of hydrogen-bond acceptors (Lipinski definition) is 3. The number of carbonyl (C=O) groups excluding carboxylic acids is 1. The summed E-state index contributed by atoms with van der Waals surface area (Å²) in [5, 5.41) is 19.2. The van der Waals surface area contributed by atoms with E-state index in [1.165, 1.54) is 4.90 Å². The minimum absolute atomic E-state index is 0.00206. The molecule has 1 saturated heterocycles. The van der Waals surface area contributed by atoms with Crippen molar-refractivity contribution in [2.24, 2.45) is 5.92 Å². The van der Waals surface area contributed by atoms with E-state index >= 15 is 0 Å². The Bertz CT molecular complexity index is 639. The lowest BCUT2D eigenvalue weighted by Crippen LogP contribution is -2.38. The molecule has 0 saturated carbocycles. The van der Waals surface area contributed by atoms with Crippen LogP contribution in [0.25, 0.3) is 0 Å². The van der Waals surface area contributed by atoms with Crippen molar-refractivity contribution in [1.82, 2.24) is 4.90 Å². The first-order valence-corrected chi connectivity index (χ1v) is 7.18. The molecule has 5 nitrogen and oxygen atoms in total.